The number of carbonyl (C=O) groups is 1. The number of aromatic hydroxyl groups is 3. The number of carbonyl (C=O) groups excluding carboxylic acids is 1. The number of aliphatic hydroxyl groups excluding tert-OH is 4. The highest BCUT2D eigenvalue weighted by molar-refractivity contribution is 8.77. The second-order valence-corrected chi connectivity index (χ2v) is 38.8. The zero-order valence-electron chi connectivity index (χ0n) is 57.2. The highest BCUT2D eigenvalue weighted by atomic mass is 33.1. The van der Waals surface area contributed by atoms with Crippen molar-refractivity contribution in [2.24, 2.45) is 17.8 Å². The summed E-state index contributed by atoms with van der Waals surface area (Å²) in [7, 11) is 10.7. The van der Waals surface area contributed by atoms with Crippen LogP contribution >= 0.6 is 64.8 Å². The molecule has 12 nitrogen and oxygen atoms in total. The maximum absolute atomic E-state index is 16.3. The Bertz CT molecular complexity index is 4630. The van der Waals surface area contributed by atoms with Crippen molar-refractivity contribution in [2.45, 2.75) is 192 Å². The fourth-order valence-corrected chi connectivity index (χ4v) is 28.7. The molecule has 22 rings (SSSR count). The summed E-state index contributed by atoms with van der Waals surface area (Å²) in [6, 6.07) is 36.7. The van der Waals surface area contributed by atoms with Crippen LogP contribution in [0, 0.1) is 17.8 Å². The van der Waals surface area contributed by atoms with E-state index in [1.165, 1.54) is 17.2 Å². The fraction of sp³-hybridized carbons (Fsp3) is 0.470. The van der Waals surface area contributed by atoms with E-state index in [2.05, 4.69) is 110 Å². The molecule has 1 saturated carbocycles. The summed E-state index contributed by atoms with van der Waals surface area (Å²) in [5.74, 6) is 1.21. The van der Waals surface area contributed by atoms with Crippen molar-refractivity contribution in [1.29, 1.82) is 0 Å². The second kappa shape index (κ2) is 27.9. The highest BCUT2D eigenvalue weighted by Gasteiger charge is 2.55. The van der Waals surface area contributed by atoms with Gasteiger partial charge in [0, 0.05) is 83.1 Å². The summed E-state index contributed by atoms with van der Waals surface area (Å²) in [5.41, 5.74) is 12.2. The first-order valence-corrected chi connectivity index (χ1v) is 44.0. The molecular formula is C83H89NO11S6. The normalized spacial score (nSPS) is 28.1. The summed E-state index contributed by atoms with van der Waals surface area (Å²) >= 11 is 0. The summed E-state index contributed by atoms with van der Waals surface area (Å²) in [6.45, 7) is 4.13. The Labute approximate surface area is 614 Å². The Balaban J connectivity index is 0.937. The van der Waals surface area contributed by atoms with Crippen molar-refractivity contribution in [3.63, 3.8) is 0 Å². The smallest absolute Gasteiger partial charge is 0.238 e. The number of Topliss-reactive ketones (excluding diaryl/α,β-unsaturated/α-hetero) is 1. The summed E-state index contributed by atoms with van der Waals surface area (Å²) in [5, 5.41) is 93.9. The van der Waals surface area contributed by atoms with Gasteiger partial charge in [-0.25, -0.2) is 0 Å². The minimum absolute atomic E-state index is 0.00402. The topological polar surface area (TPSA) is 210 Å². The molecule has 1 aromatic heterocycles. The molecule has 0 unspecified atom stereocenters. The molecular weight excluding hydrogens is 1380 g/mol. The number of hydrogen-bond donors (Lipinski definition) is 8. The SMILES string of the molecule is CC(C)Cc1cc2c3c(c1O)Cc1cccc(c1)[C@@H]1N[C@H]4CSSC[C@@H](C(=O)C5(CCCCC5)c5ccc(cc5)C[C@@]56SSCCC[C@@H](O)[C@H]7C[C@@H](c8c(cc9c%10c(ccc5c8%10)C[C@H](CCCO)[C@@H]9CCO)-c5c(O)cc8oc-2c(O)c(=O)c8c5O7)[C@@H]6O)c2cccc(c2)C[C@@H]4C[C@H]1SSC3. The molecule has 0 radical (unpaired) electrons. The predicted molar refractivity (Wildman–Crippen MR) is 415 cm³/mol. The first kappa shape index (κ1) is 68.9. The Morgan fingerprint density at radius 1 is 0.733 bits per heavy atom. The fourth-order valence-electron chi connectivity index (χ4n) is 19.8. The van der Waals surface area contributed by atoms with Crippen molar-refractivity contribution in [2.75, 3.05) is 30.5 Å². The van der Waals surface area contributed by atoms with Crippen LogP contribution < -0.4 is 15.5 Å². The van der Waals surface area contributed by atoms with E-state index in [9.17, 15) is 35.7 Å². The van der Waals surface area contributed by atoms with Crippen LogP contribution in [-0.2, 0) is 52.8 Å². The van der Waals surface area contributed by atoms with Crippen molar-refractivity contribution in [1.82, 2.24) is 5.32 Å². The zero-order valence-corrected chi connectivity index (χ0v) is 62.1. The Kier molecular flexibility index (Phi) is 19.0. The third-order valence-electron chi connectivity index (χ3n) is 24.5. The molecule has 0 amide bonds. The molecule has 8 aromatic rings. The van der Waals surface area contributed by atoms with Crippen molar-refractivity contribution >= 4 is 92.3 Å². The van der Waals surface area contributed by atoms with Crippen LogP contribution in [0.2, 0.25) is 0 Å². The number of aliphatic hydroxyl groups is 4. The summed E-state index contributed by atoms with van der Waals surface area (Å²) in [4.78, 5) is 32.5. The first-order chi connectivity index (χ1) is 49.1. The number of fused-ring (bicyclic) bond motifs is 4. The van der Waals surface area contributed by atoms with Crippen LogP contribution in [0.4, 0.5) is 0 Å². The average molecular weight is 1470 g/mol. The van der Waals surface area contributed by atoms with Gasteiger partial charge < -0.3 is 50.2 Å². The number of phenolic OH excluding ortho intramolecular Hbond substituents is 2. The molecule has 18 heteroatoms. The monoisotopic (exact) mass is 1470 g/mol. The van der Waals surface area contributed by atoms with Gasteiger partial charge in [0.05, 0.1) is 33.9 Å². The highest BCUT2D eigenvalue weighted by Crippen LogP contribution is 2.65. The predicted octanol–water partition coefficient (Wildman–Crippen LogP) is 17.0. The quantitative estimate of drug-likeness (QED) is 0.0698. The van der Waals surface area contributed by atoms with Crippen LogP contribution in [0.3, 0.4) is 0 Å². The second-order valence-electron chi connectivity index (χ2n) is 30.9. The van der Waals surface area contributed by atoms with E-state index < -0.39 is 45.6 Å². The van der Waals surface area contributed by atoms with Gasteiger partial charge in [0.1, 0.15) is 34.3 Å². The van der Waals surface area contributed by atoms with Gasteiger partial charge in [0.2, 0.25) is 11.2 Å². The number of hydrogen-bond acceptors (Lipinski definition) is 18. The molecule has 12 atom stereocenters. The van der Waals surface area contributed by atoms with Gasteiger partial charge in [-0.15, -0.1) is 0 Å². The van der Waals surface area contributed by atoms with E-state index >= 15 is 9.59 Å². The standard InChI is InChI=1S/C83H89NO11S6/c1-43(2)28-52-34-57-61-41-99-100-68-35-51-31-45-10-6-12-47(29-45)60(40-97-98-42-63(51)84-74(68)50-13-7-11-46(30-50)32-56(61)75(52)89)80(92)82(23-4-3-5-24-82)53-19-16-44(17-20-53)39-83-62-21-18-49-33-48(14-8-25-85)54(22-26-86)55-36-58-70(72(62)69(49)55)59(81(83)93)37-66(64(87)15-9-27-96-101-83)94-79-71(58)65(88)38-67-73(79)76(90)77(91)78(57)95-67/h6-7,10-13,16-21,29-30,34,36,38,43,48,51,54,59-60,63-64,66,68,74,81,84-89,91,93H,3-5,8-9,14-15,22-28,31-33,35,37,39-42H2,1-2H3/t48-,51+,54-,59-,60+,63-,64+,66+,68+,74-,81-,83+/m0/s1. The van der Waals surface area contributed by atoms with Crippen molar-refractivity contribution in [3.05, 3.63) is 186 Å². The minimum Gasteiger partial charge on any atom is -0.507 e. The van der Waals surface area contributed by atoms with Crippen LogP contribution in [0.25, 0.3) is 44.2 Å². The van der Waals surface area contributed by atoms with Gasteiger partial charge in [0.25, 0.3) is 0 Å². The Hall–Kier alpha value is -5.22. The average Bonchev–Trinajstić information content (AvgIpc) is 0.849. The zero-order chi connectivity index (χ0) is 69.2. The lowest BCUT2D eigenvalue weighted by molar-refractivity contribution is -0.127. The van der Waals surface area contributed by atoms with Crippen LogP contribution in [0.1, 0.15) is 187 Å². The molecule has 7 aromatic carbocycles. The van der Waals surface area contributed by atoms with Crippen LogP contribution in [-0.4, -0.2) is 102 Å². The molecule has 528 valence electrons. The number of ether oxygens (including phenoxy) is 1. The summed E-state index contributed by atoms with van der Waals surface area (Å²) < 4.78 is 13.4. The molecule has 3 fully saturated rings. The van der Waals surface area contributed by atoms with E-state index in [1.807, 2.05) is 38.4 Å². The van der Waals surface area contributed by atoms with E-state index in [4.69, 9.17) is 9.15 Å². The molecule has 3 aliphatic carbocycles. The molecule has 14 aliphatic rings. The molecule has 2 spiro atoms. The molecule has 11 aliphatic heterocycles. The number of piperidine rings is 1. The number of ketones is 1. The lowest BCUT2D eigenvalue weighted by Gasteiger charge is -2.49. The third-order valence-corrected chi connectivity index (χ3v) is 33.0. The lowest BCUT2D eigenvalue weighted by Crippen LogP contribution is -2.50. The van der Waals surface area contributed by atoms with Gasteiger partial charge in [-0.2, -0.15) is 0 Å². The van der Waals surface area contributed by atoms with Gasteiger partial charge in [-0.05, 0) is 202 Å². The number of benzene rings is 7. The van der Waals surface area contributed by atoms with E-state index in [-0.39, 0.29) is 106 Å². The maximum atomic E-state index is 16.3. The largest absolute Gasteiger partial charge is 0.507 e. The molecule has 2 saturated heterocycles. The molecule has 8 N–H and O–H groups in total. The number of phenols is 2. The van der Waals surface area contributed by atoms with Crippen LogP contribution in [0.15, 0.2) is 112 Å². The number of rotatable bonds is 7. The lowest BCUT2D eigenvalue weighted by atomic mass is 9.62. The van der Waals surface area contributed by atoms with E-state index in [1.54, 1.807) is 32.4 Å². The molecule has 101 heavy (non-hydrogen) atoms. The van der Waals surface area contributed by atoms with E-state index in [0.29, 0.717) is 103 Å². The van der Waals surface area contributed by atoms with Crippen molar-refractivity contribution < 1.29 is 49.7 Å². The molecule has 12 heterocycles. The van der Waals surface area contributed by atoms with Gasteiger partial charge in [0.15, 0.2) is 11.5 Å². The molecule has 21 bridgehead atoms. The Morgan fingerprint density at radius 3 is 2.35 bits per heavy atom. The van der Waals surface area contributed by atoms with Gasteiger partial charge in [-0.1, -0.05) is 183 Å². The summed E-state index contributed by atoms with van der Waals surface area (Å²) in [6.07, 6.45) is 7.88. The van der Waals surface area contributed by atoms with Crippen molar-refractivity contribution in [3.8, 4) is 45.4 Å². The van der Waals surface area contributed by atoms with Gasteiger partial charge in [-0.3, -0.25) is 9.59 Å². The van der Waals surface area contributed by atoms with Crippen LogP contribution in [0.5, 0.6) is 23.0 Å². The number of nitrogens with one attached hydrogen (secondary N) is 1. The first-order valence-electron chi connectivity index (χ1n) is 36.8. The third kappa shape index (κ3) is 11.9. The van der Waals surface area contributed by atoms with Gasteiger partial charge >= 0.3 is 0 Å². The maximum Gasteiger partial charge on any atom is 0.238 e. The minimum atomic E-state index is -1.10. The van der Waals surface area contributed by atoms with E-state index in [0.717, 1.165) is 112 Å². The Morgan fingerprint density at radius 2 is 1.53 bits per heavy atom.